The topological polar surface area (TPSA) is 119 Å². The van der Waals surface area contributed by atoms with Crippen molar-refractivity contribution in [1.82, 2.24) is 19.5 Å². The molecule has 3 heterocycles. The van der Waals surface area contributed by atoms with Crippen LogP contribution >= 0.6 is 0 Å². The highest BCUT2D eigenvalue weighted by Gasteiger charge is 2.55. The van der Waals surface area contributed by atoms with E-state index < -0.39 is 30.7 Å². The van der Waals surface area contributed by atoms with E-state index in [-0.39, 0.29) is 17.0 Å². The summed E-state index contributed by atoms with van der Waals surface area (Å²) in [4.78, 5) is 11.7. The molecule has 0 aromatic carbocycles. The second kappa shape index (κ2) is 4.63. The molecule has 1 saturated heterocycles. The van der Waals surface area contributed by atoms with Crippen molar-refractivity contribution in [3.8, 4) is 12.3 Å². The molecule has 9 heteroatoms. The first-order valence-corrected chi connectivity index (χ1v) is 6.05. The quantitative estimate of drug-likeness (QED) is 0.607. The van der Waals surface area contributed by atoms with Gasteiger partial charge >= 0.3 is 0 Å². The zero-order valence-electron chi connectivity index (χ0n) is 10.7. The number of imidazole rings is 1. The fourth-order valence-electron chi connectivity index (χ4n) is 2.33. The molecule has 0 amide bonds. The number of alkyl halides is 1. The van der Waals surface area contributed by atoms with Crippen LogP contribution in [0, 0.1) is 12.3 Å². The van der Waals surface area contributed by atoms with E-state index >= 15 is 0 Å². The van der Waals surface area contributed by atoms with E-state index in [1.165, 1.54) is 17.2 Å². The second-order valence-corrected chi connectivity index (χ2v) is 4.67. The minimum absolute atomic E-state index is 0.137. The maximum absolute atomic E-state index is 14.3. The maximum atomic E-state index is 14.3. The van der Waals surface area contributed by atoms with Crippen LogP contribution in [-0.2, 0) is 4.74 Å². The molecule has 1 fully saturated rings. The predicted molar refractivity (Wildman–Crippen MR) is 69.4 cm³/mol. The van der Waals surface area contributed by atoms with Crippen LogP contribution in [0.5, 0.6) is 0 Å². The number of aromatic nitrogens is 4. The Morgan fingerprint density at radius 3 is 2.90 bits per heavy atom. The molecule has 2 aromatic heterocycles. The Hall–Kier alpha value is -2.28. The van der Waals surface area contributed by atoms with Gasteiger partial charge in [0.1, 0.15) is 17.9 Å². The number of aliphatic hydroxyl groups excluding tert-OH is 2. The van der Waals surface area contributed by atoms with Crippen LogP contribution in [0.25, 0.3) is 11.2 Å². The molecular formula is C12H12FN5O3. The standard InChI is InChI=1S/C12H12FN5O3/c1-2-12(3-19)8(20)6(13)11(21-12)18-5-17-7-9(14)15-4-16-10(7)18/h1,4-6,8,11,19-20H,3H2,(H2,14,15,16)/t6-,8+,11-,12-/m1/s1. The number of halogens is 1. The van der Waals surface area contributed by atoms with Gasteiger partial charge in [-0.1, -0.05) is 5.92 Å². The summed E-state index contributed by atoms with van der Waals surface area (Å²) < 4.78 is 21.0. The van der Waals surface area contributed by atoms with E-state index in [9.17, 15) is 14.6 Å². The largest absolute Gasteiger partial charge is 0.392 e. The molecule has 0 spiro atoms. The van der Waals surface area contributed by atoms with Gasteiger partial charge in [-0.2, -0.15) is 0 Å². The minimum atomic E-state index is -1.86. The van der Waals surface area contributed by atoms with Crippen molar-refractivity contribution < 1.29 is 19.3 Å². The first-order valence-electron chi connectivity index (χ1n) is 6.05. The Morgan fingerprint density at radius 1 is 1.52 bits per heavy atom. The Bertz CT molecular complexity index is 729. The average molecular weight is 293 g/mol. The van der Waals surface area contributed by atoms with Gasteiger partial charge in [0, 0.05) is 0 Å². The molecule has 21 heavy (non-hydrogen) atoms. The molecule has 1 aliphatic heterocycles. The highest BCUT2D eigenvalue weighted by atomic mass is 19.1. The molecule has 1 aliphatic rings. The third kappa shape index (κ3) is 1.77. The summed E-state index contributed by atoms with van der Waals surface area (Å²) in [6, 6.07) is 0. The van der Waals surface area contributed by atoms with Crippen LogP contribution in [0.3, 0.4) is 0 Å². The average Bonchev–Trinajstić information content (AvgIpc) is 3.02. The monoisotopic (exact) mass is 293 g/mol. The number of aliphatic hydroxyl groups is 2. The van der Waals surface area contributed by atoms with E-state index in [0.717, 1.165) is 0 Å². The van der Waals surface area contributed by atoms with Gasteiger partial charge in [0.05, 0.1) is 12.9 Å². The lowest BCUT2D eigenvalue weighted by Crippen LogP contribution is -2.44. The molecule has 8 nitrogen and oxygen atoms in total. The predicted octanol–water partition coefficient (Wildman–Crippen LogP) is -0.999. The molecule has 3 rings (SSSR count). The van der Waals surface area contributed by atoms with E-state index in [2.05, 4.69) is 20.9 Å². The molecule has 0 radical (unpaired) electrons. The van der Waals surface area contributed by atoms with Crippen LogP contribution in [-0.4, -0.2) is 54.2 Å². The van der Waals surface area contributed by atoms with E-state index in [1.807, 2.05) is 0 Å². The molecule has 0 unspecified atom stereocenters. The first kappa shape index (κ1) is 13.7. The summed E-state index contributed by atoms with van der Waals surface area (Å²) in [5.74, 6) is 2.24. The molecule has 110 valence electrons. The summed E-state index contributed by atoms with van der Waals surface area (Å²) in [5.41, 5.74) is 4.37. The van der Waals surface area contributed by atoms with E-state index in [0.29, 0.717) is 0 Å². The number of nitrogens with zero attached hydrogens (tertiary/aromatic N) is 4. The zero-order chi connectivity index (χ0) is 15.2. The van der Waals surface area contributed by atoms with Gasteiger partial charge in [-0.05, 0) is 0 Å². The number of ether oxygens (including phenoxy) is 1. The lowest BCUT2D eigenvalue weighted by Gasteiger charge is -2.23. The molecule has 0 bridgehead atoms. The highest BCUT2D eigenvalue weighted by Crippen LogP contribution is 2.39. The fraction of sp³-hybridized carbons (Fsp3) is 0.417. The molecule has 4 atom stereocenters. The third-order valence-corrected chi connectivity index (χ3v) is 3.52. The fourth-order valence-corrected chi connectivity index (χ4v) is 2.33. The van der Waals surface area contributed by atoms with Gasteiger partial charge in [0.2, 0.25) is 0 Å². The van der Waals surface area contributed by atoms with Crippen LogP contribution in [0.2, 0.25) is 0 Å². The van der Waals surface area contributed by atoms with Crippen LogP contribution in [0.1, 0.15) is 6.23 Å². The summed E-state index contributed by atoms with van der Waals surface area (Å²) in [6.07, 6.45) is 2.92. The lowest BCUT2D eigenvalue weighted by molar-refractivity contribution is -0.0900. The van der Waals surface area contributed by atoms with Crippen molar-refractivity contribution in [3.05, 3.63) is 12.7 Å². The molecular weight excluding hydrogens is 281 g/mol. The number of terminal acetylenes is 1. The SMILES string of the molecule is C#C[C@]1(CO)O[C@@H](n2cnc3c(N)ncnc32)[C@H](F)[C@@H]1O. The normalized spacial score (nSPS) is 32.4. The smallest absolute Gasteiger partial charge is 0.182 e. The number of nitrogens with two attached hydrogens (primary N) is 1. The van der Waals surface area contributed by atoms with E-state index in [1.54, 1.807) is 0 Å². The number of nitrogen functional groups attached to an aromatic ring is 1. The number of anilines is 1. The third-order valence-electron chi connectivity index (χ3n) is 3.52. The summed E-state index contributed by atoms with van der Waals surface area (Å²) in [5, 5.41) is 19.2. The minimum Gasteiger partial charge on any atom is -0.392 e. The van der Waals surface area contributed by atoms with Crippen LogP contribution in [0.4, 0.5) is 10.2 Å². The Labute approximate surface area is 118 Å². The number of rotatable bonds is 2. The van der Waals surface area contributed by atoms with E-state index in [4.69, 9.17) is 16.9 Å². The zero-order valence-corrected chi connectivity index (χ0v) is 10.7. The van der Waals surface area contributed by atoms with Gasteiger partial charge in [0.25, 0.3) is 0 Å². The van der Waals surface area contributed by atoms with Gasteiger partial charge in [-0.3, -0.25) is 4.57 Å². The summed E-state index contributed by atoms with van der Waals surface area (Å²) in [6.45, 7) is -0.717. The first-order chi connectivity index (χ1) is 10.0. The molecule has 0 saturated carbocycles. The molecule has 2 aromatic rings. The Kier molecular flexibility index (Phi) is 3.02. The number of hydrogen-bond acceptors (Lipinski definition) is 7. The van der Waals surface area contributed by atoms with Gasteiger partial charge in [0.15, 0.2) is 29.5 Å². The Morgan fingerprint density at radius 2 is 2.29 bits per heavy atom. The van der Waals surface area contributed by atoms with Crippen molar-refractivity contribution in [2.75, 3.05) is 12.3 Å². The lowest BCUT2D eigenvalue weighted by atomic mass is 9.98. The van der Waals surface area contributed by atoms with Gasteiger partial charge in [-0.25, -0.2) is 19.3 Å². The van der Waals surface area contributed by atoms with Crippen LogP contribution in [0.15, 0.2) is 12.7 Å². The van der Waals surface area contributed by atoms with Crippen LogP contribution < -0.4 is 5.73 Å². The highest BCUT2D eigenvalue weighted by molar-refractivity contribution is 5.81. The maximum Gasteiger partial charge on any atom is 0.182 e. The van der Waals surface area contributed by atoms with Gasteiger partial charge < -0.3 is 20.7 Å². The van der Waals surface area contributed by atoms with Crippen molar-refractivity contribution in [2.45, 2.75) is 24.1 Å². The summed E-state index contributed by atoms with van der Waals surface area (Å²) >= 11 is 0. The summed E-state index contributed by atoms with van der Waals surface area (Å²) in [7, 11) is 0. The van der Waals surface area contributed by atoms with Gasteiger partial charge in [-0.15, -0.1) is 6.42 Å². The second-order valence-electron chi connectivity index (χ2n) is 4.67. The number of hydrogen-bond donors (Lipinski definition) is 3. The molecule has 0 aliphatic carbocycles. The van der Waals surface area contributed by atoms with Crippen molar-refractivity contribution >= 4 is 17.0 Å². The van der Waals surface area contributed by atoms with Crippen molar-refractivity contribution in [3.63, 3.8) is 0 Å². The molecule has 4 N–H and O–H groups in total. The van der Waals surface area contributed by atoms with Crippen molar-refractivity contribution in [2.24, 2.45) is 0 Å². The van der Waals surface area contributed by atoms with Crippen molar-refractivity contribution in [1.29, 1.82) is 0 Å². The number of fused-ring (bicyclic) bond motifs is 1. The Balaban J connectivity index is 2.08.